The maximum Gasteiger partial charge on any atom is 0.250 e. The SMILES string of the molecule is CC(C)c1ccc(/C=C/C(=O)NC(=S)Nc2ccc(C(=O)[O-])c(Cl)c2)cc1. The molecule has 7 heteroatoms. The van der Waals surface area contributed by atoms with E-state index >= 15 is 0 Å². The number of nitrogens with one attached hydrogen (secondary N) is 2. The monoisotopic (exact) mass is 401 g/mol. The summed E-state index contributed by atoms with van der Waals surface area (Å²) < 4.78 is 0. The van der Waals surface area contributed by atoms with Gasteiger partial charge < -0.3 is 15.2 Å². The summed E-state index contributed by atoms with van der Waals surface area (Å²) in [6.45, 7) is 4.23. The first-order chi connectivity index (χ1) is 12.8. The van der Waals surface area contributed by atoms with Crippen LogP contribution in [0.25, 0.3) is 6.08 Å². The number of aromatic carboxylic acids is 1. The number of thiocarbonyl (C=S) groups is 1. The van der Waals surface area contributed by atoms with Gasteiger partial charge in [0.15, 0.2) is 5.11 Å². The smallest absolute Gasteiger partial charge is 0.250 e. The van der Waals surface area contributed by atoms with Crippen molar-refractivity contribution in [1.29, 1.82) is 0 Å². The van der Waals surface area contributed by atoms with Gasteiger partial charge in [0.1, 0.15) is 0 Å². The van der Waals surface area contributed by atoms with Gasteiger partial charge in [-0.15, -0.1) is 0 Å². The van der Waals surface area contributed by atoms with Gasteiger partial charge in [-0.1, -0.05) is 49.7 Å². The van der Waals surface area contributed by atoms with Gasteiger partial charge in [0.25, 0.3) is 0 Å². The van der Waals surface area contributed by atoms with E-state index in [1.807, 2.05) is 24.3 Å². The van der Waals surface area contributed by atoms with Gasteiger partial charge in [0.2, 0.25) is 5.91 Å². The van der Waals surface area contributed by atoms with E-state index in [1.165, 1.54) is 29.8 Å². The van der Waals surface area contributed by atoms with Crippen LogP contribution in [0.15, 0.2) is 48.5 Å². The van der Waals surface area contributed by atoms with Crippen molar-refractivity contribution in [3.8, 4) is 0 Å². The topological polar surface area (TPSA) is 81.3 Å². The summed E-state index contributed by atoms with van der Waals surface area (Å²) in [7, 11) is 0. The molecule has 0 radical (unpaired) electrons. The average Bonchev–Trinajstić information content (AvgIpc) is 2.60. The molecule has 0 aliphatic carbocycles. The molecule has 0 aliphatic rings. The Labute approximate surface area is 168 Å². The molecule has 2 aromatic rings. The molecule has 0 aromatic heterocycles. The van der Waals surface area contributed by atoms with Crippen molar-refractivity contribution in [2.75, 3.05) is 5.32 Å². The van der Waals surface area contributed by atoms with Gasteiger partial charge >= 0.3 is 0 Å². The molecule has 140 valence electrons. The second kappa shape index (κ2) is 9.30. The minimum atomic E-state index is -1.37. The number of carboxylic acids is 1. The number of carbonyl (C=O) groups excluding carboxylic acids is 2. The van der Waals surface area contributed by atoms with Crippen molar-refractivity contribution in [3.05, 3.63) is 70.3 Å². The predicted octanol–water partition coefficient (Wildman–Crippen LogP) is 3.35. The van der Waals surface area contributed by atoms with Gasteiger partial charge in [-0.25, -0.2) is 0 Å². The van der Waals surface area contributed by atoms with Gasteiger partial charge in [0.05, 0.1) is 11.0 Å². The number of rotatable bonds is 5. The van der Waals surface area contributed by atoms with E-state index in [0.717, 1.165) is 5.56 Å². The number of hydrogen-bond acceptors (Lipinski definition) is 4. The largest absolute Gasteiger partial charge is 0.545 e. The van der Waals surface area contributed by atoms with Gasteiger partial charge in [0, 0.05) is 17.3 Å². The van der Waals surface area contributed by atoms with E-state index in [0.29, 0.717) is 11.6 Å². The lowest BCUT2D eigenvalue weighted by atomic mass is 10.0. The standard InChI is InChI=1S/C20H19ClN2O3S/c1-12(2)14-6-3-13(4-7-14)5-10-18(24)23-20(27)22-15-8-9-16(19(25)26)17(21)11-15/h3-12H,1-2H3,(H,25,26)(H2,22,23,24,27)/p-1/b10-5+. The number of benzene rings is 2. The quantitative estimate of drug-likeness (QED) is 0.593. The Morgan fingerprint density at radius 1 is 1.15 bits per heavy atom. The van der Waals surface area contributed by atoms with Crippen molar-refractivity contribution in [2.24, 2.45) is 0 Å². The number of carbonyl (C=O) groups is 2. The normalized spacial score (nSPS) is 10.8. The minimum Gasteiger partial charge on any atom is -0.545 e. The molecular weight excluding hydrogens is 384 g/mol. The highest BCUT2D eigenvalue weighted by molar-refractivity contribution is 7.80. The summed E-state index contributed by atoms with van der Waals surface area (Å²) in [5, 5.41) is 16.2. The van der Waals surface area contributed by atoms with Crippen LogP contribution in [0.1, 0.15) is 41.3 Å². The van der Waals surface area contributed by atoms with Crippen molar-refractivity contribution in [3.63, 3.8) is 0 Å². The molecule has 0 saturated heterocycles. The molecule has 0 spiro atoms. The summed E-state index contributed by atoms with van der Waals surface area (Å²) in [4.78, 5) is 22.8. The molecule has 0 bridgehead atoms. The van der Waals surface area contributed by atoms with E-state index in [2.05, 4.69) is 24.5 Å². The van der Waals surface area contributed by atoms with Crippen molar-refractivity contribution in [1.82, 2.24) is 5.32 Å². The molecular formula is C20H18ClN2O3S-. The zero-order valence-electron chi connectivity index (χ0n) is 14.8. The third-order valence-corrected chi connectivity index (χ3v) is 4.23. The fourth-order valence-electron chi connectivity index (χ4n) is 2.24. The molecule has 27 heavy (non-hydrogen) atoms. The van der Waals surface area contributed by atoms with Gasteiger partial charge in [-0.3, -0.25) is 10.1 Å². The molecule has 5 nitrogen and oxygen atoms in total. The fraction of sp³-hybridized carbons (Fsp3) is 0.150. The van der Waals surface area contributed by atoms with Gasteiger partial charge in [-0.2, -0.15) is 0 Å². The van der Waals surface area contributed by atoms with Crippen LogP contribution < -0.4 is 15.7 Å². The number of hydrogen-bond donors (Lipinski definition) is 2. The molecule has 1 amide bonds. The van der Waals surface area contributed by atoms with Crippen molar-refractivity contribution >= 4 is 52.6 Å². The van der Waals surface area contributed by atoms with Crippen LogP contribution in [0, 0.1) is 0 Å². The highest BCUT2D eigenvalue weighted by atomic mass is 35.5. The molecule has 0 unspecified atom stereocenters. The van der Waals surface area contributed by atoms with Crippen LogP contribution in [-0.4, -0.2) is 17.0 Å². The van der Waals surface area contributed by atoms with Crippen molar-refractivity contribution in [2.45, 2.75) is 19.8 Å². The van der Waals surface area contributed by atoms with Crippen molar-refractivity contribution < 1.29 is 14.7 Å². The van der Waals surface area contributed by atoms with E-state index < -0.39 is 11.9 Å². The third-order valence-electron chi connectivity index (χ3n) is 3.71. The van der Waals surface area contributed by atoms with Crippen LogP contribution >= 0.6 is 23.8 Å². The van der Waals surface area contributed by atoms with E-state index in [-0.39, 0.29) is 15.7 Å². The van der Waals surface area contributed by atoms with Crippen LogP contribution in [0.3, 0.4) is 0 Å². The minimum absolute atomic E-state index is 0.0128. The number of anilines is 1. The Morgan fingerprint density at radius 3 is 2.37 bits per heavy atom. The van der Waals surface area contributed by atoms with E-state index in [1.54, 1.807) is 6.08 Å². The van der Waals surface area contributed by atoms with Crippen LogP contribution in [0.5, 0.6) is 0 Å². The molecule has 0 atom stereocenters. The maximum absolute atomic E-state index is 12.0. The lowest BCUT2D eigenvalue weighted by Gasteiger charge is -2.11. The number of amides is 1. The Hall–Kier alpha value is -2.70. The Kier molecular flexibility index (Phi) is 7.10. The number of halogens is 1. The zero-order chi connectivity index (χ0) is 20.0. The third kappa shape index (κ3) is 6.20. The highest BCUT2D eigenvalue weighted by Crippen LogP contribution is 2.20. The van der Waals surface area contributed by atoms with Gasteiger partial charge in [-0.05, 0) is 53.5 Å². The first kappa shape index (κ1) is 20.6. The Bertz CT molecular complexity index is 893. The lowest BCUT2D eigenvalue weighted by molar-refractivity contribution is -0.255. The molecule has 2 aromatic carbocycles. The fourth-order valence-corrected chi connectivity index (χ4v) is 2.71. The highest BCUT2D eigenvalue weighted by Gasteiger charge is 2.06. The zero-order valence-corrected chi connectivity index (χ0v) is 16.4. The molecule has 2 rings (SSSR count). The average molecular weight is 402 g/mol. The summed E-state index contributed by atoms with van der Waals surface area (Å²) in [5.41, 5.74) is 2.45. The Morgan fingerprint density at radius 2 is 1.81 bits per heavy atom. The summed E-state index contributed by atoms with van der Waals surface area (Å²) >= 11 is 10.9. The molecule has 2 N–H and O–H groups in total. The molecule has 0 saturated carbocycles. The first-order valence-corrected chi connectivity index (χ1v) is 8.96. The summed E-state index contributed by atoms with van der Waals surface area (Å²) in [6, 6.07) is 12.1. The molecule has 0 heterocycles. The Balaban J connectivity index is 1.92. The second-order valence-corrected chi connectivity index (χ2v) is 6.90. The van der Waals surface area contributed by atoms with E-state index in [4.69, 9.17) is 23.8 Å². The van der Waals surface area contributed by atoms with Crippen LogP contribution in [0.4, 0.5) is 5.69 Å². The molecule has 0 aliphatic heterocycles. The second-order valence-electron chi connectivity index (χ2n) is 6.08. The number of carboxylic acid groups (broad SMARTS) is 1. The van der Waals surface area contributed by atoms with Crippen LogP contribution in [-0.2, 0) is 4.79 Å². The van der Waals surface area contributed by atoms with Crippen LogP contribution in [0.2, 0.25) is 5.02 Å². The van der Waals surface area contributed by atoms with E-state index in [9.17, 15) is 14.7 Å². The molecule has 0 fully saturated rings. The lowest BCUT2D eigenvalue weighted by Crippen LogP contribution is -2.32. The predicted molar refractivity (Wildman–Crippen MR) is 110 cm³/mol. The first-order valence-electron chi connectivity index (χ1n) is 8.17. The maximum atomic E-state index is 12.0. The summed E-state index contributed by atoms with van der Waals surface area (Å²) in [5.74, 6) is -1.31. The summed E-state index contributed by atoms with van der Waals surface area (Å²) in [6.07, 6.45) is 3.07.